The molecule has 202 valence electrons. The molecule has 6 N–H and O–H groups in total. The van der Waals surface area contributed by atoms with Crippen LogP contribution in [0.2, 0.25) is 0 Å². The summed E-state index contributed by atoms with van der Waals surface area (Å²) in [5.74, 6) is 0.331. The van der Waals surface area contributed by atoms with E-state index in [1.807, 2.05) is 13.8 Å². The number of carbonyl (C=O) groups is 1. The summed E-state index contributed by atoms with van der Waals surface area (Å²) in [6.45, 7) is 7.07. The number of hydrogen-bond donors (Lipinski definition) is 6. The number of rotatable bonds is 9. The summed E-state index contributed by atoms with van der Waals surface area (Å²) in [7, 11) is 0. The zero-order valence-electron chi connectivity index (χ0n) is 20.7. The van der Waals surface area contributed by atoms with Gasteiger partial charge in [0.2, 0.25) is 0 Å². The Labute approximate surface area is 205 Å². The third-order valence-corrected chi connectivity index (χ3v) is 7.33. The minimum absolute atomic E-state index is 0.129. The molecule has 0 aromatic rings. The Hall–Kier alpha value is -0.990. The van der Waals surface area contributed by atoms with Crippen molar-refractivity contribution in [2.45, 2.75) is 108 Å². The van der Waals surface area contributed by atoms with Gasteiger partial charge in [-0.15, -0.1) is 0 Å². The Bertz CT molecular complexity index is 756. The van der Waals surface area contributed by atoms with Crippen molar-refractivity contribution in [2.24, 2.45) is 11.3 Å². The highest BCUT2D eigenvalue weighted by Crippen LogP contribution is 2.42. The van der Waals surface area contributed by atoms with Gasteiger partial charge in [-0.25, -0.2) is 0 Å². The number of hydrogen-bond acceptors (Lipinski definition) is 11. The Balaban J connectivity index is 1.55. The van der Waals surface area contributed by atoms with Crippen molar-refractivity contribution >= 4 is 5.78 Å². The number of aliphatic hydroxyl groups excluding tert-OH is 6. The average molecular weight is 505 g/mol. The van der Waals surface area contributed by atoms with Crippen molar-refractivity contribution < 1.29 is 54.4 Å². The molecule has 0 unspecified atom stereocenters. The molecule has 3 rings (SSSR count). The summed E-state index contributed by atoms with van der Waals surface area (Å²) < 4.78 is 22.2. The molecule has 0 bridgehead atoms. The predicted molar refractivity (Wildman–Crippen MR) is 121 cm³/mol. The van der Waals surface area contributed by atoms with Gasteiger partial charge in [-0.2, -0.15) is 0 Å². The number of carbonyl (C=O) groups excluding carboxylic acids is 1. The first-order valence-electron chi connectivity index (χ1n) is 12.2. The summed E-state index contributed by atoms with van der Waals surface area (Å²) in [6, 6.07) is 0. The second-order valence-electron chi connectivity index (χ2n) is 10.7. The van der Waals surface area contributed by atoms with Crippen molar-refractivity contribution in [2.75, 3.05) is 13.2 Å². The summed E-state index contributed by atoms with van der Waals surface area (Å²) in [5, 5.41) is 60.1. The topological polar surface area (TPSA) is 175 Å². The molecular weight excluding hydrogens is 464 g/mol. The minimum Gasteiger partial charge on any atom is -0.394 e. The van der Waals surface area contributed by atoms with Gasteiger partial charge in [0.25, 0.3) is 0 Å². The number of allylic oxidation sites excluding steroid dienone is 2. The van der Waals surface area contributed by atoms with Crippen LogP contribution < -0.4 is 0 Å². The molecule has 0 saturated carbocycles. The van der Waals surface area contributed by atoms with Gasteiger partial charge in [0.1, 0.15) is 42.7 Å². The highest BCUT2D eigenvalue weighted by atomic mass is 16.7. The quantitative estimate of drug-likeness (QED) is 0.227. The maximum atomic E-state index is 11.9. The van der Waals surface area contributed by atoms with Gasteiger partial charge >= 0.3 is 0 Å². The Morgan fingerprint density at radius 1 is 1.00 bits per heavy atom. The number of ketones is 1. The average Bonchev–Trinajstić information content (AvgIpc) is 3.05. The molecule has 0 radical (unpaired) electrons. The van der Waals surface area contributed by atoms with E-state index in [-0.39, 0.29) is 29.8 Å². The molecule has 2 heterocycles. The smallest absolute Gasteiger partial charge is 0.186 e. The molecule has 2 fully saturated rings. The van der Waals surface area contributed by atoms with Crippen molar-refractivity contribution in [3.63, 3.8) is 0 Å². The highest BCUT2D eigenvalue weighted by molar-refractivity contribution is 5.91. The normalized spacial score (nSPS) is 42.7. The molecule has 11 nitrogen and oxygen atoms in total. The molecule has 0 aromatic heterocycles. The van der Waals surface area contributed by atoms with Gasteiger partial charge in [-0.3, -0.25) is 4.79 Å². The summed E-state index contributed by atoms with van der Waals surface area (Å²) in [5.41, 5.74) is 0.863. The fourth-order valence-electron chi connectivity index (χ4n) is 5.27. The van der Waals surface area contributed by atoms with Crippen molar-refractivity contribution in [3.8, 4) is 0 Å². The van der Waals surface area contributed by atoms with Gasteiger partial charge in [-0.1, -0.05) is 19.4 Å². The van der Waals surface area contributed by atoms with Crippen LogP contribution in [0, 0.1) is 11.3 Å². The molecular formula is C24H40O11. The summed E-state index contributed by atoms with van der Waals surface area (Å²) in [4.78, 5) is 11.9. The van der Waals surface area contributed by atoms with E-state index in [9.17, 15) is 35.4 Å². The molecule has 11 atom stereocenters. The second-order valence-corrected chi connectivity index (χ2v) is 10.7. The highest BCUT2D eigenvalue weighted by Gasteiger charge is 2.47. The van der Waals surface area contributed by atoms with Crippen molar-refractivity contribution in [1.29, 1.82) is 0 Å². The van der Waals surface area contributed by atoms with Gasteiger partial charge in [0, 0.05) is 6.42 Å². The van der Waals surface area contributed by atoms with Crippen LogP contribution >= 0.6 is 0 Å². The molecule has 0 spiro atoms. The minimum atomic E-state index is -1.56. The van der Waals surface area contributed by atoms with Gasteiger partial charge in [0.15, 0.2) is 18.4 Å². The van der Waals surface area contributed by atoms with E-state index < -0.39 is 61.9 Å². The van der Waals surface area contributed by atoms with Crippen molar-refractivity contribution in [3.05, 3.63) is 11.6 Å². The van der Waals surface area contributed by atoms with Crippen LogP contribution in [0.15, 0.2) is 11.6 Å². The first kappa shape index (κ1) is 28.6. The lowest BCUT2D eigenvalue weighted by Gasteiger charge is -2.42. The first-order chi connectivity index (χ1) is 16.4. The van der Waals surface area contributed by atoms with Crippen LogP contribution in [0.1, 0.15) is 47.0 Å². The SMILES string of the molecule is CC1=CC(=O)CC(C)(C)[C@H]1CC[C@@H](C)O[C@@H]1O[C@H](CO[C@@H]2O[C@H](CO)[C@@H](O)[C@H]2O)[C@@H](O)[C@H](O)[C@H]1O. The van der Waals surface area contributed by atoms with Gasteiger partial charge in [0.05, 0.1) is 19.3 Å². The lowest BCUT2D eigenvalue weighted by atomic mass is 9.66. The number of aliphatic hydroxyl groups is 6. The Kier molecular flexibility index (Phi) is 9.47. The Morgan fingerprint density at radius 3 is 2.20 bits per heavy atom. The molecule has 0 amide bonds. The predicted octanol–water partition coefficient (Wildman–Crippen LogP) is -1.00. The molecule has 3 aliphatic rings. The lowest BCUT2D eigenvalue weighted by molar-refractivity contribution is -0.318. The van der Waals surface area contributed by atoms with Crippen LogP contribution in [-0.4, -0.2) is 111 Å². The van der Waals surface area contributed by atoms with Crippen LogP contribution in [0.3, 0.4) is 0 Å². The van der Waals surface area contributed by atoms with E-state index in [4.69, 9.17) is 18.9 Å². The lowest BCUT2D eigenvalue weighted by Crippen LogP contribution is -2.60. The zero-order chi connectivity index (χ0) is 26.1. The Morgan fingerprint density at radius 2 is 1.60 bits per heavy atom. The molecule has 2 saturated heterocycles. The maximum absolute atomic E-state index is 11.9. The van der Waals surface area contributed by atoms with Crippen LogP contribution in [0.5, 0.6) is 0 Å². The van der Waals surface area contributed by atoms with Crippen molar-refractivity contribution in [1.82, 2.24) is 0 Å². The molecule has 2 aliphatic heterocycles. The number of ether oxygens (including phenoxy) is 4. The van der Waals surface area contributed by atoms with E-state index in [0.29, 0.717) is 12.8 Å². The zero-order valence-corrected chi connectivity index (χ0v) is 20.7. The molecule has 1 aliphatic carbocycles. The third kappa shape index (κ3) is 6.48. The van der Waals surface area contributed by atoms with E-state index >= 15 is 0 Å². The summed E-state index contributed by atoms with van der Waals surface area (Å²) in [6.07, 6.45) is -8.73. The van der Waals surface area contributed by atoms with E-state index in [2.05, 4.69) is 13.8 Å². The van der Waals surface area contributed by atoms with Crippen LogP contribution in [0.4, 0.5) is 0 Å². The van der Waals surface area contributed by atoms with E-state index in [1.54, 1.807) is 6.08 Å². The first-order valence-corrected chi connectivity index (χ1v) is 12.2. The van der Waals surface area contributed by atoms with Gasteiger partial charge in [-0.05, 0) is 44.1 Å². The summed E-state index contributed by atoms with van der Waals surface area (Å²) >= 11 is 0. The fourth-order valence-corrected chi connectivity index (χ4v) is 5.27. The largest absolute Gasteiger partial charge is 0.394 e. The van der Waals surface area contributed by atoms with Crippen LogP contribution in [0.25, 0.3) is 0 Å². The molecule has 11 heteroatoms. The third-order valence-electron chi connectivity index (χ3n) is 7.33. The second kappa shape index (κ2) is 11.6. The standard InChI is InChI=1S/C24H40O11/c1-11-7-13(26)8-24(3,4)14(11)6-5-12(2)33-23-21(31)19(29)18(28)16(35-23)10-32-22-20(30)17(27)15(9-25)34-22/h7,12,14-23,25,27-31H,5-6,8-10H2,1-4H3/t12-,14+,15-,16-,17-,18-,19+,20-,21-,22-,23-/m1/s1. The fraction of sp³-hybridized carbons (Fsp3) is 0.875. The maximum Gasteiger partial charge on any atom is 0.186 e. The van der Waals surface area contributed by atoms with E-state index in [1.165, 1.54) is 0 Å². The van der Waals surface area contributed by atoms with Crippen LogP contribution in [-0.2, 0) is 23.7 Å². The molecule has 0 aromatic carbocycles. The van der Waals surface area contributed by atoms with Gasteiger partial charge < -0.3 is 49.6 Å². The van der Waals surface area contributed by atoms with E-state index in [0.717, 1.165) is 12.0 Å². The molecule has 35 heavy (non-hydrogen) atoms. The monoisotopic (exact) mass is 504 g/mol.